The van der Waals surface area contributed by atoms with Crippen LogP contribution in [0.4, 0.5) is 4.79 Å². The second-order valence-corrected chi connectivity index (χ2v) is 13.0. The Morgan fingerprint density at radius 3 is 1.75 bits per heavy atom. The molecule has 4 heterocycles. The van der Waals surface area contributed by atoms with Crippen molar-refractivity contribution in [2.75, 3.05) is 13.1 Å². The lowest BCUT2D eigenvalue weighted by Crippen LogP contribution is -2.36. The standard InChI is InChI=1S/C35H38N6O3/c1-21(42)40-13-5-7-30(40)32-36-19-28(38-32)24-11-9-22-16-27-18-25(12-10-23(27)15-26(22)17-24)29-20-37-33(39-29)31-8-6-14-41(31)34(43)44-35(2,3)4/h9-12,15-20,30-31H,5-8,13-14H2,1-4H3,(H,36,38)(H,37,39). The molecule has 5 aromatic rings. The second-order valence-electron chi connectivity index (χ2n) is 13.0. The maximum absolute atomic E-state index is 12.8. The van der Waals surface area contributed by atoms with Crippen LogP contribution >= 0.6 is 0 Å². The fourth-order valence-electron chi connectivity index (χ4n) is 6.66. The molecule has 0 radical (unpaired) electrons. The number of H-pyrrole nitrogens is 2. The number of nitrogens with one attached hydrogen (secondary N) is 2. The average Bonchev–Trinajstić information content (AvgIpc) is 3.80. The average molecular weight is 591 g/mol. The molecule has 2 saturated heterocycles. The predicted molar refractivity (Wildman–Crippen MR) is 171 cm³/mol. The number of aromatic amines is 2. The Balaban J connectivity index is 1.13. The minimum Gasteiger partial charge on any atom is -0.444 e. The second kappa shape index (κ2) is 10.8. The molecule has 9 heteroatoms. The lowest BCUT2D eigenvalue weighted by atomic mass is 9.99. The van der Waals surface area contributed by atoms with Gasteiger partial charge in [0.05, 0.1) is 35.9 Å². The Labute approximate surface area is 256 Å². The summed E-state index contributed by atoms with van der Waals surface area (Å²) in [7, 11) is 0. The van der Waals surface area contributed by atoms with E-state index in [1.54, 1.807) is 11.8 Å². The highest BCUT2D eigenvalue weighted by Crippen LogP contribution is 2.35. The predicted octanol–water partition coefficient (Wildman–Crippen LogP) is 7.53. The number of hydrogen-bond acceptors (Lipinski definition) is 5. The molecule has 3 aromatic carbocycles. The van der Waals surface area contributed by atoms with Gasteiger partial charge in [-0.15, -0.1) is 0 Å². The summed E-state index contributed by atoms with van der Waals surface area (Å²) in [5.74, 6) is 1.74. The summed E-state index contributed by atoms with van der Waals surface area (Å²) in [5.41, 5.74) is 3.46. The first-order valence-electron chi connectivity index (χ1n) is 15.5. The first-order valence-corrected chi connectivity index (χ1v) is 15.5. The summed E-state index contributed by atoms with van der Waals surface area (Å²) in [5, 5.41) is 4.60. The zero-order valence-electron chi connectivity index (χ0n) is 25.7. The van der Waals surface area contributed by atoms with E-state index in [4.69, 9.17) is 4.74 Å². The Morgan fingerprint density at radius 1 is 0.750 bits per heavy atom. The highest BCUT2D eigenvalue weighted by molar-refractivity contribution is 6.00. The van der Waals surface area contributed by atoms with Gasteiger partial charge in [-0.05, 0) is 92.3 Å². The number of likely N-dealkylation sites (tertiary alicyclic amines) is 2. The van der Waals surface area contributed by atoms with Crippen LogP contribution in [-0.4, -0.2) is 60.4 Å². The molecule has 2 unspecified atom stereocenters. The number of rotatable bonds is 4. The number of hydrogen-bond donors (Lipinski definition) is 2. The van der Waals surface area contributed by atoms with E-state index in [9.17, 15) is 9.59 Å². The number of aromatic nitrogens is 4. The number of imidazole rings is 2. The van der Waals surface area contributed by atoms with Crippen LogP contribution in [0.2, 0.25) is 0 Å². The zero-order valence-corrected chi connectivity index (χ0v) is 25.7. The summed E-state index contributed by atoms with van der Waals surface area (Å²) < 4.78 is 5.64. The van der Waals surface area contributed by atoms with Crippen LogP contribution in [0.1, 0.15) is 77.1 Å². The van der Waals surface area contributed by atoms with Crippen LogP contribution in [0, 0.1) is 0 Å². The first-order chi connectivity index (χ1) is 21.1. The van der Waals surface area contributed by atoms with E-state index in [1.807, 2.05) is 38.1 Å². The monoisotopic (exact) mass is 590 g/mol. The molecule has 2 atom stereocenters. The van der Waals surface area contributed by atoms with E-state index in [0.717, 1.165) is 87.9 Å². The van der Waals surface area contributed by atoms with Crippen molar-refractivity contribution >= 4 is 33.5 Å². The zero-order chi connectivity index (χ0) is 30.6. The molecular weight excluding hydrogens is 552 g/mol. The molecular formula is C35H38N6O3. The van der Waals surface area contributed by atoms with Crippen molar-refractivity contribution in [3.63, 3.8) is 0 Å². The maximum atomic E-state index is 12.8. The van der Waals surface area contributed by atoms with Crippen molar-refractivity contribution in [1.29, 1.82) is 0 Å². The quantitative estimate of drug-likeness (QED) is 0.210. The number of benzene rings is 3. The summed E-state index contributed by atoms with van der Waals surface area (Å²) >= 11 is 0. The van der Waals surface area contributed by atoms with E-state index >= 15 is 0 Å². The number of fused-ring (bicyclic) bond motifs is 2. The van der Waals surface area contributed by atoms with Crippen molar-refractivity contribution in [2.24, 2.45) is 0 Å². The number of carbonyl (C=O) groups excluding carboxylic acids is 2. The maximum Gasteiger partial charge on any atom is 0.410 e. The molecule has 0 bridgehead atoms. The third-order valence-corrected chi connectivity index (χ3v) is 8.78. The Hall–Kier alpha value is -4.66. The molecule has 9 nitrogen and oxygen atoms in total. The van der Waals surface area contributed by atoms with Gasteiger partial charge in [0.25, 0.3) is 0 Å². The number of ether oxygens (including phenoxy) is 1. The van der Waals surface area contributed by atoms with E-state index < -0.39 is 5.60 Å². The highest BCUT2D eigenvalue weighted by Gasteiger charge is 2.35. The number of carbonyl (C=O) groups is 2. The van der Waals surface area contributed by atoms with Crippen molar-refractivity contribution in [3.8, 4) is 22.5 Å². The summed E-state index contributed by atoms with van der Waals surface area (Å²) in [6, 6.07) is 17.2. The number of amides is 2. The fraction of sp³-hybridized carbons (Fsp3) is 0.371. The van der Waals surface area contributed by atoms with Gasteiger partial charge >= 0.3 is 6.09 Å². The third kappa shape index (κ3) is 5.31. The van der Waals surface area contributed by atoms with Crippen LogP contribution < -0.4 is 0 Å². The van der Waals surface area contributed by atoms with Crippen molar-refractivity contribution < 1.29 is 14.3 Å². The molecule has 226 valence electrons. The van der Waals surface area contributed by atoms with E-state index in [0.29, 0.717) is 6.54 Å². The van der Waals surface area contributed by atoms with Crippen LogP contribution in [0.25, 0.3) is 44.1 Å². The Morgan fingerprint density at radius 2 is 1.25 bits per heavy atom. The summed E-state index contributed by atoms with van der Waals surface area (Å²) in [6.07, 6.45) is 7.15. The smallest absolute Gasteiger partial charge is 0.410 e. The Kier molecular flexibility index (Phi) is 6.91. The topological polar surface area (TPSA) is 107 Å². The molecule has 0 saturated carbocycles. The fourth-order valence-corrected chi connectivity index (χ4v) is 6.66. The van der Waals surface area contributed by atoms with Gasteiger partial charge in [0.1, 0.15) is 17.2 Å². The van der Waals surface area contributed by atoms with Crippen molar-refractivity contribution in [1.82, 2.24) is 29.7 Å². The summed E-state index contributed by atoms with van der Waals surface area (Å²) in [4.78, 5) is 44.8. The van der Waals surface area contributed by atoms with E-state index in [2.05, 4.69) is 68.5 Å². The molecule has 2 aliphatic rings. The van der Waals surface area contributed by atoms with Crippen molar-refractivity contribution in [3.05, 3.63) is 72.6 Å². The molecule has 44 heavy (non-hydrogen) atoms. The van der Waals surface area contributed by atoms with E-state index in [-0.39, 0.29) is 24.1 Å². The summed E-state index contributed by atoms with van der Waals surface area (Å²) in [6.45, 7) is 8.75. The van der Waals surface area contributed by atoms with Gasteiger partial charge in [-0.3, -0.25) is 9.69 Å². The van der Waals surface area contributed by atoms with Gasteiger partial charge in [0, 0.05) is 31.1 Å². The molecule has 2 amide bonds. The van der Waals surface area contributed by atoms with Gasteiger partial charge in [-0.2, -0.15) is 0 Å². The normalized spacial score (nSPS) is 18.9. The number of nitrogens with zero attached hydrogens (tertiary/aromatic N) is 4. The third-order valence-electron chi connectivity index (χ3n) is 8.78. The molecule has 0 aliphatic carbocycles. The minimum absolute atomic E-state index is 0.0212. The SMILES string of the molecule is CC(=O)N1CCCC1c1ncc(-c2ccc3cc4cc(-c5cnc(C6CCCN6C(=O)OC(C)(C)C)[nH]5)ccc4cc3c2)[nH]1. The van der Waals surface area contributed by atoms with Crippen LogP contribution in [0.5, 0.6) is 0 Å². The van der Waals surface area contributed by atoms with Gasteiger partial charge in [-0.1, -0.05) is 24.3 Å². The van der Waals surface area contributed by atoms with Crippen LogP contribution in [0.15, 0.2) is 60.9 Å². The first kappa shape index (κ1) is 28.1. The molecule has 2 aromatic heterocycles. The molecule has 2 fully saturated rings. The van der Waals surface area contributed by atoms with Gasteiger partial charge in [-0.25, -0.2) is 14.8 Å². The largest absolute Gasteiger partial charge is 0.444 e. The van der Waals surface area contributed by atoms with E-state index in [1.165, 1.54) is 0 Å². The minimum atomic E-state index is -0.535. The highest BCUT2D eigenvalue weighted by atomic mass is 16.6. The molecule has 2 N–H and O–H groups in total. The molecule has 7 rings (SSSR count). The molecule has 0 spiro atoms. The van der Waals surface area contributed by atoms with Gasteiger partial charge in [0.15, 0.2) is 0 Å². The van der Waals surface area contributed by atoms with Crippen molar-refractivity contribution in [2.45, 2.75) is 71.1 Å². The lowest BCUT2D eigenvalue weighted by Gasteiger charge is -2.27. The van der Waals surface area contributed by atoms with Gasteiger partial charge in [0.2, 0.25) is 5.91 Å². The van der Waals surface area contributed by atoms with Crippen LogP contribution in [-0.2, 0) is 9.53 Å². The molecule has 2 aliphatic heterocycles. The lowest BCUT2D eigenvalue weighted by molar-refractivity contribution is -0.129. The Bertz CT molecular complexity index is 1880. The van der Waals surface area contributed by atoms with Gasteiger partial charge < -0.3 is 19.6 Å². The van der Waals surface area contributed by atoms with Crippen LogP contribution in [0.3, 0.4) is 0 Å².